The van der Waals surface area contributed by atoms with Crippen LogP contribution in [-0.4, -0.2) is 84.4 Å². The number of thiocarbonyl (C=S) groups is 1. The van der Waals surface area contributed by atoms with Crippen molar-refractivity contribution in [2.24, 2.45) is 17.8 Å². The van der Waals surface area contributed by atoms with Gasteiger partial charge in [-0.3, -0.25) is 9.59 Å². The fraction of sp³-hybridized carbons (Fsp3) is 0.622. The van der Waals surface area contributed by atoms with Crippen LogP contribution in [0.2, 0.25) is 0 Å². The molecule has 13 heteroatoms. The molecule has 2 saturated carbocycles. The van der Waals surface area contributed by atoms with E-state index in [0.717, 1.165) is 54.5 Å². The molecule has 3 aliphatic carbocycles. The highest BCUT2D eigenvalue weighted by atomic mass is 32.1. The molecule has 1 aromatic carbocycles. The molecule has 1 saturated heterocycles. The van der Waals surface area contributed by atoms with Crippen molar-refractivity contribution in [3.8, 4) is 11.5 Å². The predicted molar refractivity (Wildman–Crippen MR) is 198 cm³/mol. The molecule has 3 amide bonds. The lowest BCUT2D eigenvalue weighted by Crippen LogP contribution is -2.52. The van der Waals surface area contributed by atoms with Crippen LogP contribution in [-0.2, 0) is 28.9 Å². The van der Waals surface area contributed by atoms with Crippen LogP contribution >= 0.6 is 23.6 Å². The van der Waals surface area contributed by atoms with Crippen LogP contribution in [0.15, 0.2) is 18.2 Å². The second-order valence-corrected chi connectivity index (χ2v) is 16.7. The summed E-state index contributed by atoms with van der Waals surface area (Å²) in [6.45, 7) is 9.89. The zero-order valence-electron chi connectivity index (χ0n) is 30.1. The SMILES string of the molecule is COc1ccc(CN(C(=S)N[C@H]2CCc3sc(NC(=O)C4CC4)c(C(=O)NCC4CC4)c3C2)C2CN(C(=O)OC(C)(C)C)CC2C)c(OC)c1. The molecule has 1 aliphatic heterocycles. The van der Waals surface area contributed by atoms with Gasteiger partial charge in [-0.25, -0.2) is 4.79 Å². The van der Waals surface area contributed by atoms with Gasteiger partial charge in [0.25, 0.3) is 5.91 Å². The molecule has 3 fully saturated rings. The highest BCUT2D eigenvalue weighted by molar-refractivity contribution is 7.80. The molecule has 0 spiro atoms. The van der Waals surface area contributed by atoms with Crippen molar-refractivity contribution in [3.05, 3.63) is 39.8 Å². The highest BCUT2D eigenvalue weighted by Crippen LogP contribution is 2.40. The number of ether oxygens (including phenoxy) is 3. The molecular formula is C37H51N5O6S2. The lowest BCUT2D eigenvalue weighted by Gasteiger charge is -2.36. The van der Waals surface area contributed by atoms with Gasteiger partial charge in [0, 0.05) is 54.6 Å². The summed E-state index contributed by atoms with van der Waals surface area (Å²) in [5.41, 5.74) is 1.94. The third-order valence-corrected chi connectivity index (χ3v) is 11.5. The van der Waals surface area contributed by atoms with Gasteiger partial charge in [-0.2, -0.15) is 0 Å². The van der Waals surface area contributed by atoms with E-state index in [0.29, 0.717) is 65.7 Å². The Balaban J connectivity index is 1.23. The Hall–Kier alpha value is -3.58. The number of carbonyl (C=O) groups is 3. The Morgan fingerprint density at radius 1 is 1.06 bits per heavy atom. The Morgan fingerprint density at radius 3 is 2.48 bits per heavy atom. The zero-order chi connectivity index (χ0) is 35.7. The van der Waals surface area contributed by atoms with E-state index in [1.54, 1.807) is 19.1 Å². The van der Waals surface area contributed by atoms with E-state index in [9.17, 15) is 14.4 Å². The standard InChI is InChI=1S/C37H51N5O6S2/c1-21-18-41(36(45)48-37(2,3)4)20-28(21)42(19-24-11-13-26(46-5)16-29(24)47-6)35(49)39-25-12-14-30-27(15-25)31(33(44)38-17-22-7-8-22)34(50-30)40-32(43)23-9-10-23/h11,13,16,21-23,25,28H,7-10,12,14-15,17-20H2,1-6H3,(H,38,44)(H,39,49)(H,40,43)/t21?,25-,28?/m0/s1. The first-order valence-corrected chi connectivity index (χ1v) is 19.1. The molecule has 6 rings (SSSR count). The highest BCUT2D eigenvalue weighted by Gasteiger charge is 2.40. The zero-order valence-corrected chi connectivity index (χ0v) is 31.7. The summed E-state index contributed by atoms with van der Waals surface area (Å²) in [6, 6.07) is 5.66. The first kappa shape index (κ1) is 36.2. The molecule has 1 aromatic heterocycles. The lowest BCUT2D eigenvalue weighted by atomic mass is 9.91. The van der Waals surface area contributed by atoms with E-state index >= 15 is 0 Å². The summed E-state index contributed by atoms with van der Waals surface area (Å²) in [7, 11) is 3.27. The van der Waals surface area contributed by atoms with Crippen LogP contribution in [0.1, 0.15) is 86.2 Å². The minimum Gasteiger partial charge on any atom is -0.497 e. The number of benzene rings is 1. The van der Waals surface area contributed by atoms with E-state index in [1.165, 1.54) is 11.3 Å². The molecule has 11 nitrogen and oxygen atoms in total. The fourth-order valence-corrected chi connectivity index (χ4v) is 8.45. The van der Waals surface area contributed by atoms with Crippen LogP contribution in [0.3, 0.4) is 0 Å². The Labute approximate surface area is 304 Å². The molecule has 0 radical (unpaired) electrons. The Morgan fingerprint density at radius 2 is 1.82 bits per heavy atom. The number of nitrogens with zero attached hydrogens (tertiary/aromatic N) is 2. The normalized spacial score (nSPS) is 21.6. The van der Waals surface area contributed by atoms with Crippen LogP contribution in [0.25, 0.3) is 0 Å². The largest absolute Gasteiger partial charge is 0.497 e. The number of anilines is 1. The number of thiophene rings is 1. The Kier molecular flexibility index (Phi) is 10.8. The summed E-state index contributed by atoms with van der Waals surface area (Å²) in [5, 5.41) is 11.2. The first-order valence-electron chi connectivity index (χ1n) is 17.8. The van der Waals surface area contributed by atoms with Crippen molar-refractivity contribution in [3.63, 3.8) is 0 Å². The minimum atomic E-state index is -0.596. The number of rotatable bonds is 11. The van der Waals surface area contributed by atoms with Crippen LogP contribution in [0.4, 0.5) is 9.80 Å². The summed E-state index contributed by atoms with van der Waals surface area (Å²) < 4.78 is 16.9. The third kappa shape index (κ3) is 8.65. The maximum absolute atomic E-state index is 13.7. The molecule has 2 heterocycles. The van der Waals surface area contributed by atoms with E-state index in [4.69, 9.17) is 26.4 Å². The molecule has 50 heavy (non-hydrogen) atoms. The summed E-state index contributed by atoms with van der Waals surface area (Å²) in [4.78, 5) is 44.7. The number of nitrogens with one attached hydrogen (secondary N) is 3. The predicted octanol–water partition coefficient (Wildman–Crippen LogP) is 5.74. The number of likely N-dealkylation sites (tertiary alicyclic amines) is 1. The number of fused-ring (bicyclic) bond motifs is 1. The topological polar surface area (TPSA) is 121 Å². The fourth-order valence-electron chi connectivity index (χ4n) is 6.84. The number of hydrogen-bond donors (Lipinski definition) is 3. The van der Waals surface area contributed by atoms with Gasteiger partial charge in [0.2, 0.25) is 5.91 Å². The van der Waals surface area contributed by atoms with Crippen molar-refractivity contribution in [1.29, 1.82) is 0 Å². The summed E-state index contributed by atoms with van der Waals surface area (Å²) >= 11 is 7.74. The maximum Gasteiger partial charge on any atom is 0.410 e. The van der Waals surface area contributed by atoms with Crippen molar-refractivity contribution in [2.75, 3.05) is 39.2 Å². The van der Waals surface area contributed by atoms with Crippen molar-refractivity contribution in [2.45, 2.75) is 96.9 Å². The number of aryl methyl sites for hydroxylation is 1. The second kappa shape index (κ2) is 15.0. The average Bonchev–Trinajstić information content (AvgIpc) is 4.01. The van der Waals surface area contributed by atoms with Gasteiger partial charge < -0.3 is 40.0 Å². The number of methoxy groups -OCH3 is 2. The van der Waals surface area contributed by atoms with Gasteiger partial charge in [-0.1, -0.05) is 6.92 Å². The molecule has 4 aliphatic rings. The summed E-state index contributed by atoms with van der Waals surface area (Å²) in [6.07, 6.45) is 5.98. The minimum absolute atomic E-state index is 0.00593. The van der Waals surface area contributed by atoms with Gasteiger partial charge in [-0.15, -0.1) is 11.3 Å². The van der Waals surface area contributed by atoms with Crippen LogP contribution < -0.4 is 25.4 Å². The molecule has 3 atom stereocenters. The maximum atomic E-state index is 13.7. The number of carbonyl (C=O) groups excluding carboxylic acids is 3. The molecular weight excluding hydrogens is 675 g/mol. The monoisotopic (exact) mass is 725 g/mol. The second-order valence-electron chi connectivity index (χ2n) is 15.2. The first-order chi connectivity index (χ1) is 23.8. The van der Waals surface area contributed by atoms with E-state index in [1.807, 2.05) is 39.0 Å². The van der Waals surface area contributed by atoms with Gasteiger partial charge >= 0.3 is 6.09 Å². The van der Waals surface area contributed by atoms with Crippen molar-refractivity contribution < 1.29 is 28.6 Å². The molecule has 0 bridgehead atoms. The summed E-state index contributed by atoms with van der Waals surface area (Å²) in [5.74, 6) is 1.98. The molecule has 2 aromatic rings. The van der Waals surface area contributed by atoms with Gasteiger partial charge in [-0.05, 0) is 107 Å². The third-order valence-electron chi connectivity index (χ3n) is 9.97. The smallest absolute Gasteiger partial charge is 0.410 e. The van der Waals surface area contributed by atoms with Gasteiger partial charge in [0.15, 0.2) is 5.11 Å². The van der Waals surface area contributed by atoms with E-state index in [2.05, 4.69) is 27.8 Å². The average molecular weight is 726 g/mol. The van der Waals surface area contributed by atoms with Crippen LogP contribution in [0, 0.1) is 17.8 Å². The van der Waals surface area contributed by atoms with Gasteiger partial charge in [0.1, 0.15) is 22.1 Å². The number of hydrogen-bond acceptors (Lipinski definition) is 8. The van der Waals surface area contributed by atoms with Crippen molar-refractivity contribution in [1.82, 2.24) is 20.4 Å². The van der Waals surface area contributed by atoms with Crippen LogP contribution in [0.5, 0.6) is 11.5 Å². The van der Waals surface area contributed by atoms with Gasteiger partial charge in [0.05, 0.1) is 25.8 Å². The lowest BCUT2D eigenvalue weighted by molar-refractivity contribution is -0.117. The molecule has 272 valence electrons. The van der Waals surface area contributed by atoms with Crippen molar-refractivity contribution >= 4 is 51.6 Å². The van der Waals surface area contributed by atoms with E-state index < -0.39 is 5.60 Å². The molecule has 3 N–H and O–H groups in total. The molecule has 2 unspecified atom stereocenters. The quantitative estimate of drug-likeness (QED) is 0.249. The Bertz CT molecular complexity index is 1610. The van der Waals surface area contributed by atoms with E-state index in [-0.39, 0.29) is 41.8 Å². The number of amides is 3.